The fraction of sp³-hybridized carbons (Fsp3) is 0.400. The first-order chi connectivity index (χ1) is 10.2. The SMILES string of the molecule is Cc1c(C=O)nnn1-c1ccc(N2CCN(C)CC2)cc1. The van der Waals surface area contributed by atoms with Gasteiger partial charge in [0.15, 0.2) is 6.29 Å². The van der Waals surface area contributed by atoms with Crippen molar-refractivity contribution in [3.8, 4) is 5.69 Å². The standard InChI is InChI=1S/C15H19N5O/c1-12-15(11-21)16-17-20(12)14-5-3-13(4-6-14)19-9-7-18(2)8-10-19/h3-6,11H,7-10H2,1-2H3. The Morgan fingerprint density at radius 1 is 1.05 bits per heavy atom. The van der Waals surface area contributed by atoms with Gasteiger partial charge in [0.05, 0.1) is 11.4 Å². The van der Waals surface area contributed by atoms with E-state index in [1.165, 1.54) is 5.69 Å². The van der Waals surface area contributed by atoms with Crippen LogP contribution in [-0.4, -0.2) is 59.4 Å². The smallest absolute Gasteiger partial charge is 0.172 e. The van der Waals surface area contributed by atoms with E-state index >= 15 is 0 Å². The Morgan fingerprint density at radius 2 is 1.67 bits per heavy atom. The first-order valence-corrected chi connectivity index (χ1v) is 7.10. The molecular formula is C15H19N5O. The van der Waals surface area contributed by atoms with Crippen LogP contribution in [0, 0.1) is 6.92 Å². The molecule has 1 aliphatic rings. The molecule has 2 aromatic rings. The Hall–Kier alpha value is -2.21. The molecule has 3 rings (SSSR count). The second kappa shape index (κ2) is 5.65. The lowest BCUT2D eigenvalue weighted by atomic mass is 10.2. The molecule has 6 heteroatoms. The highest BCUT2D eigenvalue weighted by atomic mass is 16.1. The zero-order valence-corrected chi connectivity index (χ0v) is 12.4. The molecule has 110 valence electrons. The minimum absolute atomic E-state index is 0.387. The molecule has 0 bridgehead atoms. The normalized spacial score (nSPS) is 16.2. The summed E-state index contributed by atoms with van der Waals surface area (Å²) in [5.74, 6) is 0. The number of hydrogen-bond donors (Lipinski definition) is 0. The fourth-order valence-electron chi connectivity index (χ4n) is 2.56. The zero-order chi connectivity index (χ0) is 14.8. The minimum Gasteiger partial charge on any atom is -0.369 e. The minimum atomic E-state index is 0.387. The third kappa shape index (κ3) is 2.67. The van der Waals surface area contributed by atoms with E-state index in [2.05, 4.69) is 39.3 Å². The Kier molecular flexibility index (Phi) is 3.70. The first-order valence-electron chi connectivity index (χ1n) is 7.10. The molecule has 1 aromatic heterocycles. The van der Waals surface area contributed by atoms with Crippen molar-refractivity contribution < 1.29 is 4.79 Å². The van der Waals surface area contributed by atoms with Crippen molar-refractivity contribution in [3.63, 3.8) is 0 Å². The van der Waals surface area contributed by atoms with E-state index in [0.717, 1.165) is 43.8 Å². The van der Waals surface area contributed by atoms with Crippen LogP contribution in [0.15, 0.2) is 24.3 Å². The summed E-state index contributed by atoms with van der Waals surface area (Å²) in [4.78, 5) is 15.6. The number of rotatable bonds is 3. The maximum Gasteiger partial charge on any atom is 0.172 e. The first kappa shape index (κ1) is 13.8. The Labute approximate surface area is 124 Å². The lowest BCUT2D eigenvalue weighted by Gasteiger charge is -2.34. The number of aromatic nitrogens is 3. The van der Waals surface area contributed by atoms with Crippen LogP contribution in [-0.2, 0) is 0 Å². The summed E-state index contributed by atoms with van der Waals surface area (Å²) < 4.78 is 1.69. The highest BCUT2D eigenvalue weighted by Gasteiger charge is 2.14. The zero-order valence-electron chi connectivity index (χ0n) is 12.4. The Morgan fingerprint density at radius 3 is 2.24 bits per heavy atom. The van der Waals surface area contributed by atoms with Crippen LogP contribution >= 0.6 is 0 Å². The molecule has 0 spiro atoms. The summed E-state index contributed by atoms with van der Waals surface area (Å²) in [5, 5.41) is 7.88. The molecular weight excluding hydrogens is 266 g/mol. The van der Waals surface area contributed by atoms with Crippen LogP contribution in [0.2, 0.25) is 0 Å². The van der Waals surface area contributed by atoms with E-state index in [9.17, 15) is 4.79 Å². The van der Waals surface area contributed by atoms with Crippen LogP contribution in [0.25, 0.3) is 5.69 Å². The molecule has 0 saturated carbocycles. The van der Waals surface area contributed by atoms with Crippen LogP contribution in [0.5, 0.6) is 0 Å². The van der Waals surface area contributed by atoms with E-state index in [4.69, 9.17) is 0 Å². The molecule has 0 radical (unpaired) electrons. The molecule has 1 fully saturated rings. The van der Waals surface area contributed by atoms with Crippen molar-refractivity contribution in [1.29, 1.82) is 0 Å². The molecule has 0 unspecified atom stereocenters. The lowest BCUT2D eigenvalue weighted by Crippen LogP contribution is -2.44. The van der Waals surface area contributed by atoms with Gasteiger partial charge in [0.2, 0.25) is 0 Å². The summed E-state index contributed by atoms with van der Waals surface area (Å²) in [6.07, 6.45) is 0.734. The average molecular weight is 285 g/mol. The Balaban J connectivity index is 1.80. The van der Waals surface area contributed by atoms with Gasteiger partial charge in [0, 0.05) is 31.9 Å². The largest absolute Gasteiger partial charge is 0.369 e. The van der Waals surface area contributed by atoms with Crippen LogP contribution in [0.1, 0.15) is 16.2 Å². The molecule has 0 amide bonds. The number of likely N-dealkylation sites (N-methyl/N-ethyl adjacent to an activating group) is 1. The second-order valence-corrected chi connectivity index (χ2v) is 5.40. The number of piperazine rings is 1. The van der Waals surface area contributed by atoms with E-state index in [1.54, 1.807) is 4.68 Å². The summed E-state index contributed by atoms with van der Waals surface area (Å²) in [6, 6.07) is 8.23. The van der Waals surface area contributed by atoms with Gasteiger partial charge in [-0.25, -0.2) is 4.68 Å². The van der Waals surface area contributed by atoms with Crippen molar-refractivity contribution in [2.24, 2.45) is 0 Å². The van der Waals surface area contributed by atoms with E-state index in [1.807, 2.05) is 19.1 Å². The van der Waals surface area contributed by atoms with Gasteiger partial charge in [0.25, 0.3) is 0 Å². The van der Waals surface area contributed by atoms with Gasteiger partial charge in [-0.1, -0.05) is 5.21 Å². The lowest BCUT2D eigenvalue weighted by molar-refractivity contribution is 0.111. The van der Waals surface area contributed by atoms with Crippen LogP contribution in [0.3, 0.4) is 0 Å². The monoisotopic (exact) mass is 285 g/mol. The quantitative estimate of drug-likeness (QED) is 0.792. The van der Waals surface area contributed by atoms with Gasteiger partial charge in [-0.3, -0.25) is 4.79 Å². The van der Waals surface area contributed by atoms with Crippen LogP contribution in [0.4, 0.5) is 5.69 Å². The number of aldehydes is 1. The molecule has 1 aromatic carbocycles. The fourth-order valence-corrected chi connectivity index (χ4v) is 2.56. The van der Waals surface area contributed by atoms with Crippen LogP contribution < -0.4 is 4.90 Å². The predicted octanol–water partition coefficient (Wildman–Crippen LogP) is 1.14. The molecule has 2 heterocycles. The topological polar surface area (TPSA) is 54.3 Å². The van der Waals surface area contributed by atoms with Crippen molar-refractivity contribution in [2.75, 3.05) is 38.1 Å². The maximum atomic E-state index is 10.8. The summed E-state index contributed by atoms with van der Waals surface area (Å²) >= 11 is 0. The van der Waals surface area contributed by atoms with Crippen molar-refractivity contribution in [1.82, 2.24) is 19.9 Å². The second-order valence-electron chi connectivity index (χ2n) is 5.40. The molecule has 0 aliphatic carbocycles. The number of carbonyl (C=O) groups excluding carboxylic acids is 1. The highest BCUT2D eigenvalue weighted by molar-refractivity contribution is 5.73. The van der Waals surface area contributed by atoms with Crippen molar-refractivity contribution in [2.45, 2.75) is 6.92 Å². The number of benzene rings is 1. The number of carbonyl (C=O) groups is 1. The van der Waals surface area contributed by atoms with Gasteiger partial charge >= 0.3 is 0 Å². The van der Waals surface area contributed by atoms with Gasteiger partial charge in [-0.15, -0.1) is 5.10 Å². The Bertz CT molecular complexity index is 626. The van der Waals surface area contributed by atoms with Crippen molar-refractivity contribution >= 4 is 12.0 Å². The summed E-state index contributed by atoms with van der Waals surface area (Å²) in [6.45, 7) is 6.12. The van der Waals surface area contributed by atoms with Gasteiger partial charge in [-0.2, -0.15) is 0 Å². The van der Waals surface area contributed by atoms with Gasteiger partial charge in [0.1, 0.15) is 5.69 Å². The molecule has 1 saturated heterocycles. The molecule has 0 atom stereocenters. The number of nitrogens with zero attached hydrogens (tertiary/aromatic N) is 5. The van der Waals surface area contributed by atoms with E-state index < -0.39 is 0 Å². The molecule has 21 heavy (non-hydrogen) atoms. The highest BCUT2D eigenvalue weighted by Crippen LogP contribution is 2.19. The average Bonchev–Trinajstić information content (AvgIpc) is 2.89. The van der Waals surface area contributed by atoms with Gasteiger partial charge in [-0.05, 0) is 38.2 Å². The van der Waals surface area contributed by atoms with Crippen molar-refractivity contribution in [3.05, 3.63) is 35.7 Å². The van der Waals surface area contributed by atoms with E-state index in [-0.39, 0.29) is 0 Å². The summed E-state index contributed by atoms with van der Waals surface area (Å²) in [5.41, 5.74) is 3.29. The molecule has 0 N–H and O–H groups in total. The summed E-state index contributed by atoms with van der Waals surface area (Å²) in [7, 11) is 2.15. The molecule has 6 nitrogen and oxygen atoms in total. The third-order valence-corrected chi connectivity index (χ3v) is 4.00. The number of hydrogen-bond acceptors (Lipinski definition) is 5. The maximum absolute atomic E-state index is 10.8. The van der Waals surface area contributed by atoms with E-state index in [0.29, 0.717) is 5.69 Å². The predicted molar refractivity (Wildman–Crippen MR) is 81.2 cm³/mol. The third-order valence-electron chi connectivity index (χ3n) is 4.00. The number of anilines is 1. The van der Waals surface area contributed by atoms with Gasteiger partial charge < -0.3 is 9.80 Å². The molecule has 1 aliphatic heterocycles.